The monoisotopic (exact) mass is 406 g/mol. The molecule has 3 aromatic heterocycles. The van der Waals surface area contributed by atoms with Gasteiger partial charge in [-0.25, -0.2) is 19.3 Å². The largest absolute Gasteiger partial charge is 0.383 e. The lowest BCUT2D eigenvalue weighted by molar-refractivity contribution is -0.117. The van der Waals surface area contributed by atoms with E-state index in [2.05, 4.69) is 31.2 Å². The summed E-state index contributed by atoms with van der Waals surface area (Å²) in [4.78, 5) is 27.7. The van der Waals surface area contributed by atoms with Gasteiger partial charge in [0.25, 0.3) is 0 Å². The van der Waals surface area contributed by atoms with Gasteiger partial charge in [0.1, 0.15) is 23.6 Å². The Kier molecular flexibility index (Phi) is 4.49. The maximum absolute atomic E-state index is 13.1. The zero-order valence-electron chi connectivity index (χ0n) is 16.7. The fourth-order valence-corrected chi connectivity index (χ4v) is 3.96. The summed E-state index contributed by atoms with van der Waals surface area (Å²) in [5.41, 5.74) is 8.88. The molecule has 2 aliphatic rings. The molecule has 2 fully saturated rings. The number of carbonyl (C=O) groups is 1. The van der Waals surface area contributed by atoms with Crippen molar-refractivity contribution in [2.24, 2.45) is 5.92 Å². The second-order valence-corrected chi connectivity index (χ2v) is 8.08. The maximum Gasteiger partial charge on any atom is 0.231 e. The Labute approximate surface area is 173 Å². The minimum absolute atomic E-state index is 0.278. The Morgan fingerprint density at radius 2 is 1.97 bits per heavy atom. The third-order valence-corrected chi connectivity index (χ3v) is 5.85. The average Bonchev–Trinajstić information content (AvgIpc) is 3.22. The summed E-state index contributed by atoms with van der Waals surface area (Å²) in [6.45, 7) is 4.12. The first kappa shape index (κ1) is 18.7. The van der Waals surface area contributed by atoms with Crippen molar-refractivity contribution in [2.75, 3.05) is 29.0 Å². The van der Waals surface area contributed by atoms with E-state index in [1.165, 1.54) is 12.8 Å². The number of carbonyl (C=O) groups excluding carboxylic acids is 1. The topological polar surface area (TPSA) is 97.0 Å². The second kappa shape index (κ2) is 7.19. The number of aryl methyl sites for hydroxylation is 1. The summed E-state index contributed by atoms with van der Waals surface area (Å²) in [7, 11) is 0. The summed E-state index contributed by atoms with van der Waals surface area (Å²) in [5.74, 6) is 0.824. The number of fused-ring (bicyclic) bond motifs is 1. The molecular weight excluding hydrogens is 383 g/mol. The second-order valence-electron chi connectivity index (χ2n) is 8.08. The molecule has 8 heteroatoms. The number of nitrogens with one attached hydrogen (secondary N) is 1. The van der Waals surface area contributed by atoms with Gasteiger partial charge < -0.3 is 16.0 Å². The van der Waals surface area contributed by atoms with Crippen molar-refractivity contribution >= 4 is 34.1 Å². The van der Waals surface area contributed by atoms with Crippen LogP contribution in [0.4, 0.5) is 21.8 Å². The molecule has 3 aromatic rings. The summed E-state index contributed by atoms with van der Waals surface area (Å²) in [6, 6.07) is 5.74. The van der Waals surface area contributed by atoms with Crippen molar-refractivity contribution in [3.63, 3.8) is 0 Å². The number of aromatic nitrogens is 3. The lowest BCUT2D eigenvalue weighted by atomic mass is 10.1. The van der Waals surface area contributed by atoms with E-state index in [0.717, 1.165) is 35.4 Å². The highest BCUT2D eigenvalue weighted by atomic mass is 19.1. The van der Waals surface area contributed by atoms with Gasteiger partial charge in [-0.1, -0.05) is 0 Å². The van der Waals surface area contributed by atoms with E-state index >= 15 is 0 Å². The molecule has 30 heavy (non-hydrogen) atoms. The highest BCUT2D eigenvalue weighted by Gasteiger charge is 2.43. The predicted molar refractivity (Wildman–Crippen MR) is 115 cm³/mol. The summed E-state index contributed by atoms with van der Waals surface area (Å²) < 4.78 is 13.1. The number of hydrogen-bond donors (Lipinski definition) is 2. The van der Waals surface area contributed by atoms with E-state index < -0.39 is 12.1 Å². The molecule has 0 spiro atoms. The van der Waals surface area contributed by atoms with Crippen molar-refractivity contribution < 1.29 is 9.18 Å². The fourth-order valence-electron chi connectivity index (χ4n) is 3.96. The number of halogens is 1. The van der Waals surface area contributed by atoms with Crippen LogP contribution in [0.15, 0.2) is 30.6 Å². The number of pyridine rings is 3. The number of rotatable bonds is 4. The van der Waals surface area contributed by atoms with Gasteiger partial charge in [-0.15, -0.1) is 0 Å². The lowest BCUT2D eigenvalue weighted by Gasteiger charge is -2.18. The van der Waals surface area contributed by atoms with Crippen LogP contribution in [0, 0.1) is 12.8 Å². The van der Waals surface area contributed by atoms with Crippen LogP contribution in [0.1, 0.15) is 24.8 Å². The Hall–Kier alpha value is -3.29. The predicted octanol–water partition coefficient (Wildman–Crippen LogP) is 3.48. The third-order valence-electron chi connectivity index (χ3n) is 5.85. The number of amides is 1. The number of nitrogen functional groups attached to an aromatic ring is 1. The van der Waals surface area contributed by atoms with Gasteiger partial charge in [0, 0.05) is 36.4 Å². The first-order valence-corrected chi connectivity index (χ1v) is 10.2. The van der Waals surface area contributed by atoms with Gasteiger partial charge in [0.15, 0.2) is 0 Å². The molecule has 1 amide bonds. The summed E-state index contributed by atoms with van der Waals surface area (Å²) in [5, 5.41) is 4.19. The lowest BCUT2D eigenvalue weighted by Crippen LogP contribution is -2.19. The molecule has 154 valence electrons. The number of alkyl halides is 1. The van der Waals surface area contributed by atoms with E-state index in [4.69, 9.17) is 5.73 Å². The molecule has 0 bridgehead atoms. The highest BCUT2D eigenvalue weighted by molar-refractivity contribution is 5.98. The standard InChI is InChI=1S/C22H23FN6O/c1-12-6-20(29-4-2-3-5-29)26-10-15(12)18-7-13-8-19(25-11-16(13)21(24)27-18)28-22(30)14-9-17(14)23/h6-8,10-11,14,17H,2-5,9H2,1H3,(H2,24,27)(H,25,28,30). The number of nitrogens with two attached hydrogens (primary N) is 1. The minimum atomic E-state index is -1.05. The molecule has 2 atom stereocenters. The molecule has 4 heterocycles. The Balaban J connectivity index is 1.47. The zero-order chi connectivity index (χ0) is 20.8. The van der Waals surface area contributed by atoms with E-state index in [9.17, 15) is 9.18 Å². The molecule has 1 aliphatic carbocycles. The van der Waals surface area contributed by atoms with E-state index in [-0.39, 0.29) is 12.3 Å². The Bertz CT molecular complexity index is 1140. The summed E-state index contributed by atoms with van der Waals surface area (Å²) >= 11 is 0. The van der Waals surface area contributed by atoms with Crippen molar-refractivity contribution in [3.05, 3.63) is 36.2 Å². The molecule has 3 N–H and O–H groups in total. The SMILES string of the molecule is Cc1cc(N2CCCC2)ncc1-c1cc2cc(NC(=O)C3CC3F)ncc2c(N)n1. The molecule has 5 rings (SSSR count). The molecule has 1 saturated heterocycles. The van der Waals surface area contributed by atoms with Crippen molar-refractivity contribution in [1.82, 2.24) is 15.0 Å². The molecule has 1 saturated carbocycles. The van der Waals surface area contributed by atoms with Crippen LogP contribution in [-0.2, 0) is 4.79 Å². The van der Waals surface area contributed by atoms with E-state index in [1.54, 1.807) is 12.3 Å². The van der Waals surface area contributed by atoms with Crippen LogP contribution < -0.4 is 16.0 Å². The quantitative estimate of drug-likeness (QED) is 0.689. The minimum Gasteiger partial charge on any atom is -0.383 e. The van der Waals surface area contributed by atoms with Crippen molar-refractivity contribution in [1.29, 1.82) is 0 Å². The molecule has 7 nitrogen and oxygen atoms in total. The van der Waals surface area contributed by atoms with Gasteiger partial charge >= 0.3 is 0 Å². The molecule has 0 radical (unpaired) electrons. The van der Waals surface area contributed by atoms with Crippen molar-refractivity contribution in [3.8, 4) is 11.3 Å². The van der Waals surface area contributed by atoms with Gasteiger partial charge in [0.2, 0.25) is 5.91 Å². The molecule has 0 aromatic carbocycles. The van der Waals surface area contributed by atoms with Gasteiger partial charge in [-0.3, -0.25) is 4.79 Å². The van der Waals surface area contributed by atoms with E-state index in [1.807, 2.05) is 19.2 Å². The molecular formula is C22H23FN6O. The number of anilines is 3. The smallest absolute Gasteiger partial charge is 0.231 e. The van der Waals surface area contributed by atoms with Crippen LogP contribution in [0.5, 0.6) is 0 Å². The van der Waals surface area contributed by atoms with Crippen molar-refractivity contribution in [2.45, 2.75) is 32.4 Å². The van der Waals surface area contributed by atoms with Crippen LogP contribution in [-0.4, -0.2) is 40.1 Å². The van der Waals surface area contributed by atoms with Crippen LogP contribution in [0.3, 0.4) is 0 Å². The van der Waals surface area contributed by atoms with Crippen LogP contribution in [0.25, 0.3) is 22.0 Å². The van der Waals surface area contributed by atoms with Crippen LogP contribution >= 0.6 is 0 Å². The normalized spacial score (nSPS) is 20.5. The number of hydrogen-bond acceptors (Lipinski definition) is 6. The first-order chi connectivity index (χ1) is 14.5. The van der Waals surface area contributed by atoms with Gasteiger partial charge in [-0.2, -0.15) is 0 Å². The fraction of sp³-hybridized carbons (Fsp3) is 0.364. The van der Waals surface area contributed by atoms with Crippen LogP contribution in [0.2, 0.25) is 0 Å². The third kappa shape index (κ3) is 3.42. The molecule has 2 unspecified atom stereocenters. The van der Waals surface area contributed by atoms with E-state index in [0.29, 0.717) is 22.7 Å². The maximum atomic E-state index is 13.1. The summed E-state index contributed by atoms with van der Waals surface area (Å²) in [6.07, 6.45) is 5.06. The Morgan fingerprint density at radius 3 is 2.67 bits per heavy atom. The van der Waals surface area contributed by atoms with Gasteiger partial charge in [0.05, 0.1) is 11.6 Å². The first-order valence-electron chi connectivity index (χ1n) is 10.2. The Morgan fingerprint density at radius 1 is 1.20 bits per heavy atom. The molecule has 1 aliphatic heterocycles. The van der Waals surface area contributed by atoms with Gasteiger partial charge in [-0.05, 0) is 55.3 Å². The average molecular weight is 406 g/mol. The zero-order valence-corrected chi connectivity index (χ0v) is 16.7. The number of nitrogens with zero attached hydrogens (tertiary/aromatic N) is 4. The highest BCUT2D eigenvalue weighted by Crippen LogP contribution is 2.35.